The molecule has 0 radical (unpaired) electrons. The van der Waals surface area contributed by atoms with Crippen molar-refractivity contribution in [1.29, 1.82) is 0 Å². The Morgan fingerprint density at radius 3 is 2.79 bits per heavy atom. The molecule has 3 atom stereocenters. The third-order valence-electron chi connectivity index (χ3n) is 4.40. The number of benzene rings is 1. The van der Waals surface area contributed by atoms with Crippen LogP contribution in [0.5, 0.6) is 0 Å². The molecule has 3 unspecified atom stereocenters. The molecule has 1 aromatic rings. The third kappa shape index (κ3) is 3.70. The molecule has 19 heavy (non-hydrogen) atoms. The first kappa shape index (κ1) is 14.8. The highest BCUT2D eigenvalue weighted by Crippen LogP contribution is 2.37. The van der Waals surface area contributed by atoms with E-state index in [0.717, 1.165) is 18.9 Å². The Morgan fingerprint density at radius 2 is 2.11 bits per heavy atom. The summed E-state index contributed by atoms with van der Waals surface area (Å²) in [4.78, 5) is 0. The second-order valence-corrected chi connectivity index (χ2v) is 6.31. The molecule has 2 rings (SSSR count). The highest BCUT2D eigenvalue weighted by molar-refractivity contribution is 6.31. The smallest absolute Gasteiger partial charge is 0.127 e. The van der Waals surface area contributed by atoms with Gasteiger partial charge in [0.1, 0.15) is 5.82 Å². The minimum atomic E-state index is -0.158. The summed E-state index contributed by atoms with van der Waals surface area (Å²) in [6.07, 6.45) is 4.46. The summed E-state index contributed by atoms with van der Waals surface area (Å²) in [5, 5.41) is 3.84. The Labute approximate surface area is 120 Å². The second-order valence-electron chi connectivity index (χ2n) is 5.90. The first-order chi connectivity index (χ1) is 9.11. The van der Waals surface area contributed by atoms with Gasteiger partial charge in [-0.05, 0) is 62.7 Å². The molecule has 1 N–H and O–H groups in total. The highest BCUT2D eigenvalue weighted by atomic mass is 35.5. The number of hydrogen-bond acceptors (Lipinski definition) is 1. The van der Waals surface area contributed by atoms with Crippen LogP contribution < -0.4 is 5.32 Å². The first-order valence-corrected chi connectivity index (χ1v) is 7.57. The minimum Gasteiger partial charge on any atom is -0.319 e. The van der Waals surface area contributed by atoms with Crippen LogP contribution in [0.3, 0.4) is 0 Å². The van der Waals surface area contributed by atoms with Crippen LogP contribution in [0.1, 0.15) is 31.7 Å². The second kappa shape index (κ2) is 6.71. The van der Waals surface area contributed by atoms with Gasteiger partial charge in [0.05, 0.1) is 0 Å². The molecule has 3 heteroatoms. The average Bonchev–Trinajstić information content (AvgIpc) is 2.37. The molecule has 0 aromatic heterocycles. The number of rotatable bonds is 4. The van der Waals surface area contributed by atoms with E-state index < -0.39 is 0 Å². The van der Waals surface area contributed by atoms with Crippen molar-refractivity contribution in [3.63, 3.8) is 0 Å². The van der Waals surface area contributed by atoms with Crippen LogP contribution in [0, 0.1) is 23.6 Å². The van der Waals surface area contributed by atoms with Crippen molar-refractivity contribution >= 4 is 11.6 Å². The summed E-state index contributed by atoms with van der Waals surface area (Å²) in [6, 6.07) is 4.98. The van der Waals surface area contributed by atoms with Gasteiger partial charge in [-0.3, -0.25) is 0 Å². The molecule has 106 valence electrons. The van der Waals surface area contributed by atoms with E-state index in [0.29, 0.717) is 22.4 Å². The maximum absolute atomic E-state index is 13.9. The molecule has 0 bridgehead atoms. The summed E-state index contributed by atoms with van der Waals surface area (Å²) < 4.78 is 13.9. The van der Waals surface area contributed by atoms with Gasteiger partial charge in [0.25, 0.3) is 0 Å². The molecule has 0 spiro atoms. The zero-order valence-electron chi connectivity index (χ0n) is 11.8. The topological polar surface area (TPSA) is 12.0 Å². The van der Waals surface area contributed by atoms with Gasteiger partial charge >= 0.3 is 0 Å². The molecule has 1 aliphatic carbocycles. The zero-order chi connectivity index (χ0) is 13.8. The predicted molar refractivity (Wildman–Crippen MR) is 79.0 cm³/mol. The molecular formula is C16H23ClFN. The molecule has 0 saturated heterocycles. The van der Waals surface area contributed by atoms with Crippen LogP contribution in [-0.4, -0.2) is 13.6 Å². The van der Waals surface area contributed by atoms with Crippen molar-refractivity contribution < 1.29 is 4.39 Å². The first-order valence-electron chi connectivity index (χ1n) is 7.19. The van der Waals surface area contributed by atoms with Gasteiger partial charge in [-0.25, -0.2) is 4.39 Å². The lowest BCUT2D eigenvalue weighted by Gasteiger charge is -2.35. The standard InChI is InChI=1S/C16H23ClFN/c1-11-6-7-12(10-19-2)13(8-11)9-14-15(17)4-3-5-16(14)18/h3-5,11-13,19H,6-10H2,1-2H3. The van der Waals surface area contributed by atoms with Gasteiger partial charge in [0, 0.05) is 10.6 Å². The average molecular weight is 284 g/mol. The van der Waals surface area contributed by atoms with Gasteiger partial charge < -0.3 is 5.32 Å². The fourth-order valence-corrected chi connectivity index (χ4v) is 3.57. The van der Waals surface area contributed by atoms with Crippen LogP contribution in [0.25, 0.3) is 0 Å². The Hall–Kier alpha value is -0.600. The van der Waals surface area contributed by atoms with E-state index in [-0.39, 0.29) is 5.82 Å². The zero-order valence-corrected chi connectivity index (χ0v) is 12.5. The summed E-state index contributed by atoms with van der Waals surface area (Å²) in [5.74, 6) is 1.75. The fourth-order valence-electron chi connectivity index (χ4n) is 3.33. The Balaban J connectivity index is 2.14. The fraction of sp³-hybridized carbons (Fsp3) is 0.625. The summed E-state index contributed by atoms with van der Waals surface area (Å²) in [7, 11) is 1.99. The highest BCUT2D eigenvalue weighted by Gasteiger charge is 2.29. The van der Waals surface area contributed by atoms with Gasteiger partial charge in [-0.15, -0.1) is 0 Å². The summed E-state index contributed by atoms with van der Waals surface area (Å²) >= 11 is 6.15. The molecule has 1 saturated carbocycles. The van der Waals surface area contributed by atoms with Crippen molar-refractivity contribution in [3.05, 3.63) is 34.6 Å². The molecule has 1 aliphatic rings. The van der Waals surface area contributed by atoms with E-state index in [4.69, 9.17) is 11.6 Å². The van der Waals surface area contributed by atoms with Crippen molar-refractivity contribution in [2.75, 3.05) is 13.6 Å². The van der Waals surface area contributed by atoms with Gasteiger partial charge in [0.15, 0.2) is 0 Å². The van der Waals surface area contributed by atoms with E-state index in [2.05, 4.69) is 12.2 Å². The quantitative estimate of drug-likeness (QED) is 0.869. The van der Waals surface area contributed by atoms with Crippen LogP contribution in [0.2, 0.25) is 5.02 Å². The largest absolute Gasteiger partial charge is 0.319 e. The normalized spacial score (nSPS) is 27.5. The third-order valence-corrected chi connectivity index (χ3v) is 4.75. The van der Waals surface area contributed by atoms with Gasteiger partial charge in [-0.1, -0.05) is 31.0 Å². The molecule has 1 aromatic carbocycles. The molecule has 0 heterocycles. The maximum Gasteiger partial charge on any atom is 0.127 e. The monoisotopic (exact) mass is 283 g/mol. The number of nitrogens with one attached hydrogen (secondary N) is 1. The lowest BCUT2D eigenvalue weighted by Crippen LogP contribution is -2.32. The van der Waals surface area contributed by atoms with E-state index in [1.54, 1.807) is 12.1 Å². The van der Waals surface area contributed by atoms with Crippen molar-refractivity contribution in [2.24, 2.45) is 17.8 Å². The molecule has 0 aliphatic heterocycles. The van der Waals surface area contributed by atoms with E-state index in [9.17, 15) is 4.39 Å². The number of hydrogen-bond donors (Lipinski definition) is 1. The van der Waals surface area contributed by atoms with Crippen LogP contribution >= 0.6 is 11.6 Å². The van der Waals surface area contributed by atoms with E-state index in [1.807, 2.05) is 7.05 Å². The number of halogens is 2. The van der Waals surface area contributed by atoms with Crippen LogP contribution in [-0.2, 0) is 6.42 Å². The molecule has 0 amide bonds. The Bertz CT molecular complexity index is 401. The molecular weight excluding hydrogens is 261 g/mol. The van der Waals surface area contributed by atoms with Gasteiger partial charge in [-0.2, -0.15) is 0 Å². The van der Waals surface area contributed by atoms with Crippen molar-refractivity contribution in [2.45, 2.75) is 32.6 Å². The predicted octanol–water partition coefficient (Wildman–Crippen LogP) is 4.29. The minimum absolute atomic E-state index is 0.158. The Kier molecular flexibility index (Phi) is 5.23. The summed E-state index contributed by atoms with van der Waals surface area (Å²) in [6.45, 7) is 3.31. The Morgan fingerprint density at radius 1 is 1.32 bits per heavy atom. The molecule has 1 fully saturated rings. The van der Waals surface area contributed by atoms with Gasteiger partial charge in [0.2, 0.25) is 0 Å². The lowest BCUT2D eigenvalue weighted by molar-refractivity contribution is 0.185. The SMILES string of the molecule is CNCC1CCC(C)CC1Cc1c(F)cccc1Cl. The van der Waals surface area contributed by atoms with Crippen LogP contribution in [0.15, 0.2) is 18.2 Å². The van der Waals surface area contributed by atoms with Crippen molar-refractivity contribution in [3.8, 4) is 0 Å². The lowest BCUT2D eigenvalue weighted by atomic mass is 9.72. The molecule has 1 nitrogen and oxygen atoms in total. The van der Waals surface area contributed by atoms with E-state index >= 15 is 0 Å². The summed E-state index contributed by atoms with van der Waals surface area (Å²) in [5.41, 5.74) is 0.698. The van der Waals surface area contributed by atoms with Crippen molar-refractivity contribution in [1.82, 2.24) is 5.32 Å². The maximum atomic E-state index is 13.9. The van der Waals surface area contributed by atoms with Crippen LogP contribution in [0.4, 0.5) is 4.39 Å². The van der Waals surface area contributed by atoms with E-state index in [1.165, 1.54) is 25.3 Å².